The van der Waals surface area contributed by atoms with Crippen LogP contribution in [0.2, 0.25) is 0 Å². The van der Waals surface area contributed by atoms with Gasteiger partial charge in [0.05, 0.1) is 6.61 Å². The zero-order valence-electron chi connectivity index (χ0n) is 9.55. The summed E-state index contributed by atoms with van der Waals surface area (Å²) < 4.78 is 10.1. The molecule has 0 aliphatic carbocycles. The van der Waals surface area contributed by atoms with Gasteiger partial charge in [-0.3, -0.25) is 0 Å². The van der Waals surface area contributed by atoms with Crippen LogP contribution in [0.15, 0.2) is 47.3 Å². The van der Waals surface area contributed by atoms with Gasteiger partial charge in [-0.05, 0) is 12.5 Å². The van der Waals surface area contributed by atoms with E-state index in [-0.39, 0.29) is 5.70 Å². The zero-order chi connectivity index (χ0) is 12.1. The van der Waals surface area contributed by atoms with E-state index in [9.17, 15) is 4.79 Å². The fourth-order valence-electron chi connectivity index (χ4n) is 1.44. The molecular formula is C13H13NO3. The third-order valence-corrected chi connectivity index (χ3v) is 2.22. The van der Waals surface area contributed by atoms with Gasteiger partial charge in [-0.25, -0.2) is 9.79 Å². The monoisotopic (exact) mass is 231 g/mol. The Morgan fingerprint density at radius 1 is 1.35 bits per heavy atom. The number of ether oxygens (including phenoxy) is 2. The number of esters is 1. The van der Waals surface area contributed by atoms with Crippen LogP contribution in [0.5, 0.6) is 0 Å². The Labute approximate surface area is 99.6 Å². The quantitative estimate of drug-likeness (QED) is 0.452. The van der Waals surface area contributed by atoms with Crippen molar-refractivity contribution >= 4 is 11.9 Å². The average Bonchev–Trinajstić information content (AvgIpc) is 2.68. The Morgan fingerprint density at radius 2 is 2.12 bits per heavy atom. The summed E-state index contributed by atoms with van der Waals surface area (Å²) in [4.78, 5) is 15.5. The lowest BCUT2D eigenvalue weighted by atomic mass is 10.1. The summed E-state index contributed by atoms with van der Waals surface area (Å²) in [6.07, 6.45) is 1.84. The van der Waals surface area contributed by atoms with Crippen molar-refractivity contribution in [3.8, 4) is 0 Å². The molecule has 1 heterocycles. The molecule has 0 atom stereocenters. The molecule has 0 amide bonds. The standard InChI is InChI=1S/C13H13NO3/c1-2-16-9-11-13(15)17-12(14-11)8-10-6-4-3-5-7-10/h3-7,9H,2,8H2,1H3. The molecule has 0 saturated heterocycles. The van der Waals surface area contributed by atoms with Crippen molar-refractivity contribution in [1.82, 2.24) is 0 Å². The maximum atomic E-state index is 11.4. The van der Waals surface area contributed by atoms with Crippen LogP contribution in [0, 0.1) is 0 Å². The average molecular weight is 231 g/mol. The molecule has 0 aromatic heterocycles. The van der Waals surface area contributed by atoms with E-state index in [0.717, 1.165) is 5.56 Å². The number of aliphatic imine (C=N–C) groups is 1. The summed E-state index contributed by atoms with van der Waals surface area (Å²) in [7, 11) is 0. The van der Waals surface area contributed by atoms with Crippen LogP contribution in [-0.4, -0.2) is 18.5 Å². The molecule has 1 aliphatic heterocycles. The van der Waals surface area contributed by atoms with Gasteiger partial charge in [0.1, 0.15) is 6.26 Å². The number of rotatable bonds is 4. The third kappa shape index (κ3) is 2.93. The van der Waals surface area contributed by atoms with Gasteiger partial charge in [-0.1, -0.05) is 30.3 Å². The predicted molar refractivity (Wildman–Crippen MR) is 63.4 cm³/mol. The van der Waals surface area contributed by atoms with Crippen molar-refractivity contribution in [2.45, 2.75) is 13.3 Å². The van der Waals surface area contributed by atoms with E-state index < -0.39 is 5.97 Å². The number of carbonyl (C=O) groups is 1. The van der Waals surface area contributed by atoms with Crippen molar-refractivity contribution in [3.63, 3.8) is 0 Å². The van der Waals surface area contributed by atoms with Gasteiger partial charge in [0.25, 0.3) is 0 Å². The number of cyclic esters (lactones) is 1. The van der Waals surface area contributed by atoms with Crippen LogP contribution in [0.4, 0.5) is 0 Å². The number of nitrogens with zero attached hydrogens (tertiary/aromatic N) is 1. The van der Waals surface area contributed by atoms with Crippen LogP contribution < -0.4 is 0 Å². The molecule has 0 spiro atoms. The van der Waals surface area contributed by atoms with Gasteiger partial charge in [0.15, 0.2) is 5.70 Å². The molecule has 0 unspecified atom stereocenters. The van der Waals surface area contributed by atoms with Gasteiger partial charge >= 0.3 is 5.97 Å². The first-order valence-electron chi connectivity index (χ1n) is 5.45. The Bertz CT molecular complexity index is 463. The minimum absolute atomic E-state index is 0.220. The van der Waals surface area contributed by atoms with E-state index >= 15 is 0 Å². The van der Waals surface area contributed by atoms with Crippen molar-refractivity contribution in [2.24, 2.45) is 4.99 Å². The smallest absolute Gasteiger partial charge is 0.366 e. The highest BCUT2D eigenvalue weighted by Gasteiger charge is 2.23. The highest BCUT2D eigenvalue weighted by atomic mass is 16.6. The summed E-state index contributed by atoms with van der Waals surface area (Å²) in [5.74, 6) is -0.0449. The minimum Gasteiger partial charge on any atom is -0.499 e. The van der Waals surface area contributed by atoms with Crippen LogP contribution in [-0.2, 0) is 20.7 Å². The summed E-state index contributed by atoms with van der Waals surface area (Å²) in [5, 5.41) is 0. The lowest BCUT2D eigenvalue weighted by Gasteiger charge is -1.98. The van der Waals surface area contributed by atoms with E-state index in [2.05, 4.69) is 4.99 Å². The molecule has 0 saturated carbocycles. The Hall–Kier alpha value is -2.10. The van der Waals surface area contributed by atoms with E-state index in [1.54, 1.807) is 0 Å². The normalized spacial score (nSPS) is 16.9. The molecule has 0 bridgehead atoms. The SMILES string of the molecule is CCOC=C1N=C(Cc2ccccc2)OC1=O. The first kappa shape index (κ1) is 11.4. The van der Waals surface area contributed by atoms with E-state index in [1.165, 1.54) is 6.26 Å². The van der Waals surface area contributed by atoms with Gasteiger partial charge < -0.3 is 9.47 Å². The molecule has 4 nitrogen and oxygen atoms in total. The van der Waals surface area contributed by atoms with Crippen molar-refractivity contribution < 1.29 is 14.3 Å². The molecule has 1 aromatic rings. The largest absolute Gasteiger partial charge is 0.499 e. The second-order valence-electron chi connectivity index (χ2n) is 3.52. The van der Waals surface area contributed by atoms with Gasteiger partial charge in [-0.15, -0.1) is 0 Å². The molecule has 4 heteroatoms. The summed E-state index contributed by atoms with van der Waals surface area (Å²) in [5.41, 5.74) is 1.27. The van der Waals surface area contributed by atoms with E-state index in [4.69, 9.17) is 9.47 Å². The molecular weight excluding hydrogens is 218 g/mol. The first-order chi connectivity index (χ1) is 8.29. The minimum atomic E-state index is -0.454. The molecule has 1 aliphatic rings. The second kappa shape index (κ2) is 5.30. The summed E-state index contributed by atoms with van der Waals surface area (Å²) in [6.45, 7) is 2.34. The summed E-state index contributed by atoms with van der Waals surface area (Å²) >= 11 is 0. The molecule has 1 aromatic carbocycles. The van der Waals surface area contributed by atoms with Crippen molar-refractivity contribution in [2.75, 3.05) is 6.61 Å². The maximum absolute atomic E-state index is 11.4. The highest BCUT2D eigenvalue weighted by Crippen LogP contribution is 2.14. The van der Waals surface area contributed by atoms with E-state index in [0.29, 0.717) is 18.9 Å². The Balaban J connectivity index is 2.06. The fourth-order valence-corrected chi connectivity index (χ4v) is 1.44. The number of benzene rings is 1. The Kier molecular flexibility index (Phi) is 3.55. The number of hydrogen-bond acceptors (Lipinski definition) is 4. The molecule has 0 N–H and O–H groups in total. The van der Waals surface area contributed by atoms with Gasteiger partial charge in [-0.2, -0.15) is 0 Å². The Morgan fingerprint density at radius 3 is 2.82 bits per heavy atom. The topological polar surface area (TPSA) is 47.9 Å². The molecule has 17 heavy (non-hydrogen) atoms. The van der Waals surface area contributed by atoms with Crippen LogP contribution >= 0.6 is 0 Å². The lowest BCUT2D eigenvalue weighted by molar-refractivity contribution is -0.130. The number of carbonyl (C=O) groups excluding carboxylic acids is 1. The third-order valence-electron chi connectivity index (χ3n) is 2.22. The zero-order valence-corrected chi connectivity index (χ0v) is 9.55. The number of hydrogen-bond donors (Lipinski definition) is 0. The lowest BCUT2D eigenvalue weighted by Crippen LogP contribution is -2.06. The van der Waals surface area contributed by atoms with Crippen LogP contribution in [0.3, 0.4) is 0 Å². The predicted octanol–water partition coefficient (Wildman–Crippen LogP) is 2.06. The second-order valence-corrected chi connectivity index (χ2v) is 3.52. The van der Waals surface area contributed by atoms with Crippen molar-refractivity contribution in [3.05, 3.63) is 47.9 Å². The van der Waals surface area contributed by atoms with Gasteiger partial charge in [0.2, 0.25) is 5.90 Å². The summed E-state index contributed by atoms with van der Waals surface area (Å²) in [6, 6.07) is 9.72. The van der Waals surface area contributed by atoms with Crippen LogP contribution in [0.25, 0.3) is 0 Å². The highest BCUT2D eigenvalue weighted by molar-refractivity contribution is 6.04. The van der Waals surface area contributed by atoms with E-state index in [1.807, 2.05) is 37.3 Å². The molecule has 88 valence electrons. The van der Waals surface area contributed by atoms with Gasteiger partial charge in [0, 0.05) is 6.42 Å². The van der Waals surface area contributed by atoms with Crippen molar-refractivity contribution in [1.29, 1.82) is 0 Å². The molecule has 0 radical (unpaired) electrons. The molecule has 0 fully saturated rings. The first-order valence-corrected chi connectivity index (χ1v) is 5.45. The molecule has 2 rings (SSSR count). The van der Waals surface area contributed by atoms with Crippen LogP contribution in [0.1, 0.15) is 12.5 Å². The fraction of sp³-hybridized carbons (Fsp3) is 0.231. The maximum Gasteiger partial charge on any atom is 0.366 e.